The van der Waals surface area contributed by atoms with Crippen molar-refractivity contribution in [3.05, 3.63) is 54.1 Å². The van der Waals surface area contributed by atoms with Crippen LogP contribution in [0.4, 0.5) is 0 Å². The molecule has 30 heavy (non-hydrogen) atoms. The molecular weight excluding hydrogens is 376 g/mol. The Labute approximate surface area is 177 Å². The van der Waals surface area contributed by atoms with Crippen LogP contribution in [0.3, 0.4) is 0 Å². The Morgan fingerprint density at radius 3 is 2.47 bits per heavy atom. The van der Waals surface area contributed by atoms with E-state index in [1.54, 1.807) is 12.0 Å². The van der Waals surface area contributed by atoms with Crippen molar-refractivity contribution in [1.29, 1.82) is 5.26 Å². The molecular formula is C25H28N2O3. The lowest BCUT2D eigenvalue weighted by atomic mass is 9.72. The van der Waals surface area contributed by atoms with Crippen LogP contribution >= 0.6 is 0 Å². The van der Waals surface area contributed by atoms with Crippen LogP contribution in [-0.2, 0) is 4.79 Å². The summed E-state index contributed by atoms with van der Waals surface area (Å²) in [7, 11) is 1.64. The van der Waals surface area contributed by atoms with Gasteiger partial charge >= 0.3 is 0 Å². The first-order valence-electron chi connectivity index (χ1n) is 10.8. The van der Waals surface area contributed by atoms with Crippen LogP contribution in [0, 0.1) is 17.2 Å². The maximum absolute atomic E-state index is 13.2. The summed E-state index contributed by atoms with van der Waals surface area (Å²) in [6, 6.07) is 17.2. The van der Waals surface area contributed by atoms with E-state index in [0.717, 1.165) is 48.1 Å². The van der Waals surface area contributed by atoms with E-state index >= 15 is 0 Å². The molecule has 1 aliphatic carbocycles. The summed E-state index contributed by atoms with van der Waals surface area (Å²) in [5.41, 5.74) is 3.05. The summed E-state index contributed by atoms with van der Waals surface area (Å²) < 4.78 is 5.26. The van der Waals surface area contributed by atoms with E-state index in [-0.39, 0.29) is 30.4 Å². The van der Waals surface area contributed by atoms with E-state index in [1.165, 1.54) is 6.42 Å². The number of carbonyl (C=O) groups excluding carboxylic acids is 1. The van der Waals surface area contributed by atoms with Crippen molar-refractivity contribution in [2.75, 3.05) is 13.7 Å². The molecule has 4 rings (SSSR count). The molecule has 1 N–H and O–H groups in total. The Kier molecular flexibility index (Phi) is 6.06. The fourth-order valence-corrected chi connectivity index (χ4v) is 5.06. The molecule has 0 unspecified atom stereocenters. The third-order valence-electron chi connectivity index (χ3n) is 6.66. The number of amides is 1. The van der Waals surface area contributed by atoms with Crippen LogP contribution < -0.4 is 4.74 Å². The molecule has 1 amide bonds. The molecule has 5 nitrogen and oxygen atoms in total. The second-order valence-electron chi connectivity index (χ2n) is 8.25. The molecule has 1 saturated carbocycles. The number of aliphatic hydroxyl groups excluding tert-OH is 1. The zero-order valence-electron chi connectivity index (χ0n) is 17.3. The van der Waals surface area contributed by atoms with Gasteiger partial charge in [-0.1, -0.05) is 55.7 Å². The van der Waals surface area contributed by atoms with E-state index in [0.29, 0.717) is 0 Å². The van der Waals surface area contributed by atoms with E-state index < -0.39 is 6.04 Å². The first kappa shape index (κ1) is 20.4. The first-order valence-corrected chi connectivity index (χ1v) is 10.8. The van der Waals surface area contributed by atoms with Gasteiger partial charge in [0.1, 0.15) is 11.8 Å². The predicted molar refractivity (Wildman–Crippen MR) is 115 cm³/mol. The third-order valence-corrected chi connectivity index (χ3v) is 6.66. The lowest BCUT2D eigenvalue weighted by Crippen LogP contribution is -2.66. The number of ether oxygens (including phenoxy) is 1. The van der Waals surface area contributed by atoms with Crippen molar-refractivity contribution < 1.29 is 14.6 Å². The Balaban J connectivity index is 1.65. The minimum atomic E-state index is -0.545. The second kappa shape index (κ2) is 8.89. The highest BCUT2D eigenvalue weighted by Gasteiger charge is 2.53. The van der Waals surface area contributed by atoms with Crippen molar-refractivity contribution in [1.82, 2.24) is 4.90 Å². The van der Waals surface area contributed by atoms with Gasteiger partial charge < -0.3 is 14.7 Å². The molecule has 5 heteroatoms. The number of methoxy groups -OCH3 is 1. The van der Waals surface area contributed by atoms with Gasteiger partial charge in [0.2, 0.25) is 5.91 Å². The number of rotatable bonds is 5. The van der Waals surface area contributed by atoms with Gasteiger partial charge in [-0.15, -0.1) is 0 Å². The van der Waals surface area contributed by atoms with Gasteiger partial charge in [-0.2, -0.15) is 5.26 Å². The molecule has 1 heterocycles. The highest BCUT2D eigenvalue weighted by molar-refractivity contribution is 5.82. The summed E-state index contributed by atoms with van der Waals surface area (Å²) in [5, 5.41) is 20.1. The lowest BCUT2D eigenvalue weighted by molar-refractivity contribution is -0.152. The van der Waals surface area contributed by atoms with E-state index in [4.69, 9.17) is 4.74 Å². The summed E-state index contributed by atoms with van der Waals surface area (Å²) >= 11 is 0. The summed E-state index contributed by atoms with van der Waals surface area (Å²) in [6.07, 6.45) is 5.08. The van der Waals surface area contributed by atoms with Crippen molar-refractivity contribution >= 4 is 5.91 Å². The van der Waals surface area contributed by atoms with Gasteiger partial charge in [0.15, 0.2) is 0 Å². The Morgan fingerprint density at radius 2 is 1.83 bits per heavy atom. The van der Waals surface area contributed by atoms with Crippen LogP contribution in [0.2, 0.25) is 0 Å². The quantitative estimate of drug-likeness (QED) is 0.813. The standard InChI is InChI=1S/C25H28N2O3/c1-30-19-13-11-17(12-14-19)20-9-5-6-10-21(20)24-22(15-26)27(23(24)16-28)25(29)18-7-3-2-4-8-18/h5-6,9-14,18,22-24,28H,2-4,7-8,16H2,1H3/t22-,23+,24-/m1/s1. The van der Waals surface area contributed by atoms with Crippen LogP contribution in [0.1, 0.15) is 43.6 Å². The SMILES string of the molecule is COc1ccc(-c2ccccc2[C@@H]2[C@@H](C#N)N(C(=O)C3CCCCC3)[C@H]2CO)cc1. The number of benzene rings is 2. The first-order chi connectivity index (χ1) is 14.7. The third kappa shape index (κ3) is 3.57. The van der Waals surface area contributed by atoms with Gasteiger partial charge in [0.05, 0.1) is 25.8 Å². The summed E-state index contributed by atoms with van der Waals surface area (Å²) in [6.45, 7) is -0.141. The maximum atomic E-state index is 13.2. The number of carbonyl (C=O) groups is 1. The Hall–Kier alpha value is -2.84. The molecule has 3 atom stereocenters. The van der Waals surface area contributed by atoms with Gasteiger partial charge in [0, 0.05) is 11.8 Å². The Morgan fingerprint density at radius 1 is 1.13 bits per heavy atom. The van der Waals surface area contributed by atoms with Gasteiger partial charge in [0.25, 0.3) is 0 Å². The average Bonchev–Trinajstić information content (AvgIpc) is 2.80. The van der Waals surface area contributed by atoms with Crippen LogP contribution in [0.5, 0.6) is 5.75 Å². The number of aliphatic hydroxyl groups is 1. The summed E-state index contributed by atoms with van der Waals surface area (Å²) in [5.74, 6) is 0.609. The highest BCUT2D eigenvalue weighted by atomic mass is 16.5. The van der Waals surface area contributed by atoms with E-state index in [9.17, 15) is 15.2 Å². The van der Waals surface area contributed by atoms with E-state index in [1.807, 2.05) is 48.5 Å². The number of nitriles is 1. The molecule has 0 bridgehead atoms. The molecule has 1 aliphatic heterocycles. The molecule has 2 fully saturated rings. The molecule has 2 aliphatic rings. The molecule has 0 aromatic heterocycles. The van der Waals surface area contributed by atoms with Crippen molar-refractivity contribution in [3.63, 3.8) is 0 Å². The molecule has 156 valence electrons. The second-order valence-corrected chi connectivity index (χ2v) is 8.25. The van der Waals surface area contributed by atoms with Crippen molar-refractivity contribution in [3.8, 4) is 22.9 Å². The molecule has 2 aromatic carbocycles. The maximum Gasteiger partial charge on any atom is 0.227 e. The number of hydrogen-bond acceptors (Lipinski definition) is 4. The van der Waals surface area contributed by atoms with Crippen LogP contribution in [-0.4, -0.2) is 41.7 Å². The highest BCUT2D eigenvalue weighted by Crippen LogP contribution is 2.45. The van der Waals surface area contributed by atoms with Crippen molar-refractivity contribution in [2.45, 2.75) is 50.1 Å². The fraction of sp³-hybridized carbons (Fsp3) is 0.440. The van der Waals surface area contributed by atoms with Gasteiger partial charge in [-0.05, 0) is 41.7 Å². The van der Waals surface area contributed by atoms with Gasteiger partial charge in [-0.3, -0.25) is 4.79 Å². The Bertz CT molecular complexity index is 928. The minimum absolute atomic E-state index is 0.0126. The largest absolute Gasteiger partial charge is 0.497 e. The predicted octanol–water partition coefficient (Wildman–Crippen LogP) is 4.12. The fourth-order valence-electron chi connectivity index (χ4n) is 5.06. The average molecular weight is 405 g/mol. The zero-order chi connectivity index (χ0) is 21.1. The number of likely N-dealkylation sites (tertiary alicyclic amines) is 1. The van der Waals surface area contributed by atoms with Crippen LogP contribution in [0.25, 0.3) is 11.1 Å². The topological polar surface area (TPSA) is 73.6 Å². The molecule has 0 spiro atoms. The molecule has 0 radical (unpaired) electrons. The van der Waals surface area contributed by atoms with E-state index in [2.05, 4.69) is 6.07 Å². The number of nitrogens with zero attached hydrogens (tertiary/aromatic N) is 2. The zero-order valence-corrected chi connectivity index (χ0v) is 17.3. The smallest absolute Gasteiger partial charge is 0.227 e. The van der Waals surface area contributed by atoms with Crippen molar-refractivity contribution in [2.24, 2.45) is 5.92 Å². The lowest BCUT2D eigenvalue weighted by Gasteiger charge is -2.53. The van der Waals surface area contributed by atoms with Gasteiger partial charge in [-0.25, -0.2) is 0 Å². The monoisotopic (exact) mass is 404 g/mol. The minimum Gasteiger partial charge on any atom is -0.497 e. The molecule has 2 aromatic rings. The van der Waals surface area contributed by atoms with Crippen LogP contribution in [0.15, 0.2) is 48.5 Å². The summed E-state index contributed by atoms with van der Waals surface area (Å²) in [4.78, 5) is 14.8. The normalized spacial score (nSPS) is 24.0. The molecule has 1 saturated heterocycles. The number of hydrogen-bond donors (Lipinski definition) is 1.